The third-order valence-corrected chi connectivity index (χ3v) is 2.94. The van der Waals surface area contributed by atoms with Gasteiger partial charge in [-0.05, 0) is 12.3 Å². The van der Waals surface area contributed by atoms with Gasteiger partial charge in [0.1, 0.15) is 0 Å². The first-order valence-corrected chi connectivity index (χ1v) is 5.41. The molecule has 0 amide bonds. The largest absolute Gasteiger partial charge is 0.492 e. The molecule has 90 valence electrons. The summed E-state index contributed by atoms with van der Waals surface area (Å²) < 4.78 is 16.3. The van der Waals surface area contributed by atoms with Crippen LogP contribution < -0.4 is 14.2 Å². The van der Waals surface area contributed by atoms with Crippen molar-refractivity contribution in [3.05, 3.63) is 29.8 Å². The molecular weight excluding hydrogens is 216 g/mol. The minimum Gasteiger partial charge on any atom is -0.492 e. The van der Waals surface area contributed by atoms with Crippen molar-refractivity contribution >= 4 is 10.8 Å². The quantitative estimate of drug-likeness (QED) is 0.813. The van der Waals surface area contributed by atoms with E-state index in [1.807, 2.05) is 25.1 Å². The first-order valence-electron chi connectivity index (χ1n) is 5.41. The van der Waals surface area contributed by atoms with Crippen LogP contribution in [0.5, 0.6) is 17.2 Å². The van der Waals surface area contributed by atoms with Gasteiger partial charge in [0.2, 0.25) is 5.75 Å². The Bertz CT molecular complexity index is 547. The molecule has 3 heteroatoms. The zero-order valence-electron chi connectivity index (χ0n) is 10.5. The van der Waals surface area contributed by atoms with E-state index in [1.165, 1.54) is 0 Å². The molecule has 0 bridgehead atoms. The molecule has 3 nitrogen and oxygen atoms in total. The van der Waals surface area contributed by atoms with E-state index in [4.69, 9.17) is 14.2 Å². The Morgan fingerprint density at radius 2 is 1.24 bits per heavy atom. The van der Waals surface area contributed by atoms with Crippen molar-refractivity contribution in [1.82, 2.24) is 0 Å². The first kappa shape index (κ1) is 11.6. The van der Waals surface area contributed by atoms with Gasteiger partial charge >= 0.3 is 0 Å². The predicted molar refractivity (Wildman–Crippen MR) is 68.3 cm³/mol. The number of rotatable bonds is 3. The van der Waals surface area contributed by atoms with Crippen LogP contribution in [0.15, 0.2) is 24.3 Å². The minimum atomic E-state index is 0.645. The Hall–Kier alpha value is -1.90. The maximum absolute atomic E-state index is 5.44. The lowest BCUT2D eigenvalue weighted by atomic mass is 10.0. The van der Waals surface area contributed by atoms with Crippen LogP contribution in [0.25, 0.3) is 10.8 Å². The van der Waals surface area contributed by atoms with Gasteiger partial charge in [0.25, 0.3) is 0 Å². The maximum Gasteiger partial charge on any atom is 0.204 e. The molecule has 0 fully saturated rings. The highest BCUT2D eigenvalue weighted by molar-refractivity contribution is 5.96. The Morgan fingerprint density at radius 1 is 0.706 bits per heavy atom. The van der Waals surface area contributed by atoms with E-state index in [9.17, 15) is 0 Å². The normalized spacial score (nSPS) is 10.4. The van der Waals surface area contributed by atoms with Gasteiger partial charge in [-0.2, -0.15) is 0 Å². The average Bonchev–Trinajstić information content (AvgIpc) is 2.38. The van der Waals surface area contributed by atoms with Crippen molar-refractivity contribution in [1.29, 1.82) is 0 Å². The molecule has 0 saturated carbocycles. The Morgan fingerprint density at radius 3 is 1.76 bits per heavy atom. The molecule has 0 aliphatic rings. The highest BCUT2D eigenvalue weighted by Crippen LogP contribution is 2.45. The summed E-state index contributed by atoms with van der Waals surface area (Å²) in [7, 11) is 4.90. The monoisotopic (exact) mass is 232 g/mol. The third kappa shape index (κ3) is 1.68. The van der Waals surface area contributed by atoms with Crippen LogP contribution in [0.4, 0.5) is 0 Å². The second-order valence-electron chi connectivity index (χ2n) is 3.77. The Labute approximate surface area is 101 Å². The van der Waals surface area contributed by atoms with Gasteiger partial charge in [0, 0.05) is 10.9 Å². The van der Waals surface area contributed by atoms with Crippen LogP contribution in [0.2, 0.25) is 0 Å². The topological polar surface area (TPSA) is 27.7 Å². The molecule has 0 unspecified atom stereocenters. The maximum atomic E-state index is 5.44. The van der Waals surface area contributed by atoms with Crippen LogP contribution >= 0.6 is 0 Å². The van der Waals surface area contributed by atoms with Gasteiger partial charge in [-0.15, -0.1) is 0 Å². The lowest BCUT2D eigenvalue weighted by Gasteiger charge is -2.17. The van der Waals surface area contributed by atoms with E-state index in [1.54, 1.807) is 21.3 Å². The molecule has 0 N–H and O–H groups in total. The molecule has 0 aliphatic carbocycles. The standard InChI is InChI=1S/C14H16O3/c1-9-10-7-5-6-8-11(10)13(16-3)14(17-4)12(9)15-2/h5-8H,1-4H3. The molecule has 0 spiro atoms. The lowest BCUT2D eigenvalue weighted by molar-refractivity contribution is 0.326. The number of hydrogen-bond donors (Lipinski definition) is 0. The second-order valence-corrected chi connectivity index (χ2v) is 3.77. The number of hydrogen-bond acceptors (Lipinski definition) is 3. The van der Waals surface area contributed by atoms with E-state index >= 15 is 0 Å². The van der Waals surface area contributed by atoms with Crippen LogP contribution in [0.3, 0.4) is 0 Å². The highest BCUT2D eigenvalue weighted by atomic mass is 16.5. The number of ether oxygens (including phenoxy) is 3. The van der Waals surface area contributed by atoms with E-state index in [0.29, 0.717) is 11.5 Å². The van der Waals surface area contributed by atoms with E-state index < -0.39 is 0 Å². The fourth-order valence-corrected chi connectivity index (χ4v) is 2.16. The summed E-state index contributed by atoms with van der Waals surface area (Å²) in [5.41, 5.74) is 1.06. The molecule has 0 heterocycles. The molecule has 0 aromatic heterocycles. The molecule has 0 aliphatic heterocycles. The molecule has 2 rings (SSSR count). The summed E-state index contributed by atoms with van der Waals surface area (Å²) in [4.78, 5) is 0. The summed E-state index contributed by atoms with van der Waals surface area (Å²) in [5.74, 6) is 2.08. The summed E-state index contributed by atoms with van der Waals surface area (Å²) >= 11 is 0. The zero-order chi connectivity index (χ0) is 12.4. The number of benzene rings is 2. The minimum absolute atomic E-state index is 0.645. The van der Waals surface area contributed by atoms with Crippen molar-refractivity contribution in [2.24, 2.45) is 0 Å². The van der Waals surface area contributed by atoms with Crippen LogP contribution in [-0.2, 0) is 0 Å². The van der Waals surface area contributed by atoms with Gasteiger partial charge in [-0.1, -0.05) is 24.3 Å². The van der Waals surface area contributed by atoms with Crippen LogP contribution in [0, 0.1) is 6.92 Å². The van der Waals surface area contributed by atoms with E-state index in [0.717, 1.165) is 22.1 Å². The Balaban J connectivity index is 2.93. The van der Waals surface area contributed by atoms with Crippen LogP contribution in [0.1, 0.15) is 5.56 Å². The van der Waals surface area contributed by atoms with Gasteiger partial charge in [0.05, 0.1) is 21.3 Å². The first-order chi connectivity index (χ1) is 8.24. The molecule has 0 radical (unpaired) electrons. The van der Waals surface area contributed by atoms with Crippen molar-refractivity contribution in [3.8, 4) is 17.2 Å². The fourth-order valence-electron chi connectivity index (χ4n) is 2.16. The number of aryl methyl sites for hydroxylation is 1. The molecule has 0 saturated heterocycles. The molecule has 2 aromatic carbocycles. The molecule has 17 heavy (non-hydrogen) atoms. The summed E-state index contributed by atoms with van der Waals surface area (Å²) in [6, 6.07) is 8.05. The van der Waals surface area contributed by atoms with E-state index in [-0.39, 0.29) is 0 Å². The van der Waals surface area contributed by atoms with Gasteiger partial charge in [-0.3, -0.25) is 0 Å². The van der Waals surface area contributed by atoms with Gasteiger partial charge in [0.15, 0.2) is 11.5 Å². The molecule has 2 aromatic rings. The van der Waals surface area contributed by atoms with E-state index in [2.05, 4.69) is 6.07 Å². The summed E-state index contributed by atoms with van der Waals surface area (Å²) in [5, 5.41) is 2.15. The van der Waals surface area contributed by atoms with Crippen molar-refractivity contribution in [2.75, 3.05) is 21.3 Å². The smallest absolute Gasteiger partial charge is 0.204 e. The second kappa shape index (κ2) is 4.53. The molecular formula is C14H16O3. The van der Waals surface area contributed by atoms with Crippen LogP contribution in [-0.4, -0.2) is 21.3 Å². The SMILES string of the molecule is COc1c(OC)c(OC)c2ccccc2c1C. The number of fused-ring (bicyclic) bond motifs is 1. The average molecular weight is 232 g/mol. The van der Waals surface area contributed by atoms with Gasteiger partial charge in [-0.25, -0.2) is 0 Å². The predicted octanol–water partition coefficient (Wildman–Crippen LogP) is 3.17. The zero-order valence-corrected chi connectivity index (χ0v) is 10.5. The number of methoxy groups -OCH3 is 3. The van der Waals surface area contributed by atoms with Crippen molar-refractivity contribution < 1.29 is 14.2 Å². The van der Waals surface area contributed by atoms with Crippen molar-refractivity contribution in [3.63, 3.8) is 0 Å². The highest BCUT2D eigenvalue weighted by Gasteiger charge is 2.18. The summed E-state index contributed by atoms with van der Waals surface area (Å²) in [6.45, 7) is 2.02. The summed E-state index contributed by atoms with van der Waals surface area (Å²) in [6.07, 6.45) is 0. The fraction of sp³-hybridized carbons (Fsp3) is 0.286. The van der Waals surface area contributed by atoms with Gasteiger partial charge < -0.3 is 14.2 Å². The third-order valence-electron chi connectivity index (χ3n) is 2.94. The Kier molecular flexibility index (Phi) is 3.09. The van der Waals surface area contributed by atoms with Crippen molar-refractivity contribution in [2.45, 2.75) is 6.92 Å². The lowest BCUT2D eigenvalue weighted by Crippen LogP contribution is -1.98. The molecule has 0 atom stereocenters.